The lowest BCUT2D eigenvalue weighted by Gasteiger charge is -2.18. The van der Waals surface area contributed by atoms with Crippen LogP contribution in [0.15, 0.2) is 36.7 Å². The number of nitrogens with zero attached hydrogens (tertiary/aromatic N) is 2. The average molecular weight is 244 g/mol. The fourth-order valence-electron chi connectivity index (χ4n) is 1.93. The molecule has 1 atom stereocenters. The second-order valence-electron chi connectivity index (χ2n) is 4.14. The van der Waals surface area contributed by atoms with Crippen molar-refractivity contribution in [3.63, 3.8) is 0 Å². The first-order valence-electron chi connectivity index (χ1n) is 5.70. The Bertz CT molecular complexity index is 547. The molecule has 1 aromatic heterocycles. The summed E-state index contributed by atoms with van der Waals surface area (Å²) in [6, 6.07) is 9.00. The molecule has 18 heavy (non-hydrogen) atoms. The Morgan fingerprint density at radius 2 is 2.00 bits per heavy atom. The van der Waals surface area contributed by atoms with Crippen LogP contribution in [0.3, 0.4) is 0 Å². The van der Waals surface area contributed by atoms with E-state index in [4.69, 9.17) is 5.84 Å². The number of hydrogen-bond donors (Lipinski definition) is 2. The summed E-state index contributed by atoms with van der Waals surface area (Å²) in [5.41, 5.74) is 4.94. The SMILES string of the molecule is Cc1ncn(C(C(=O)NN)c2ccccc2)c1C. The summed E-state index contributed by atoms with van der Waals surface area (Å²) in [4.78, 5) is 16.2. The number of aryl methyl sites for hydroxylation is 1. The Morgan fingerprint density at radius 3 is 2.50 bits per heavy atom. The molecule has 2 aromatic rings. The molecule has 0 saturated carbocycles. The minimum absolute atomic E-state index is 0.262. The van der Waals surface area contributed by atoms with E-state index in [1.807, 2.05) is 48.7 Å². The molecule has 0 aliphatic rings. The molecular formula is C13H16N4O. The molecule has 1 unspecified atom stereocenters. The van der Waals surface area contributed by atoms with Gasteiger partial charge in [0, 0.05) is 5.69 Å². The molecule has 2 rings (SSSR count). The molecular weight excluding hydrogens is 228 g/mol. The maximum absolute atomic E-state index is 12.0. The second-order valence-corrected chi connectivity index (χ2v) is 4.14. The fourth-order valence-corrected chi connectivity index (χ4v) is 1.93. The summed E-state index contributed by atoms with van der Waals surface area (Å²) >= 11 is 0. The van der Waals surface area contributed by atoms with Crippen molar-refractivity contribution in [3.8, 4) is 0 Å². The minimum atomic E-state index is -0.489. The van der Waals surface area contributed by atoms with Crippen molar-refractivity contribution in [2.45, 2.75) is 19.9 Å². The van der Waals surface area contributed by atoms with Gasteiger partial charge >= 0.3 is 0 Å². The van der Waals surface area contributed by atoms with E-state index >= 15 is 0 Å². The third-order valence-electron chi connectivity index (χ3n) is 3.07. The van der Waals surface area contributed by atoms with Crippen molar-refractivity contribution in [2.75, 3.05) is 0 Å². The fraction of sp³-hybridized carbons (Fsp3) is 0.231. The largest absolute Gasteiger partial charge is 0.318 e. The molecule has 0 aliphatic heterocycles. The molecule has 0 bridgehead atoms. The average Bonchev–Trinajstić information content (AvgIpc) is 2.72. The molecule has 1 aromatic carbocycles. The molecule has 0 radical (unpaired) electrons. The predicted molar refractivity (Wildman–Crippen MR) is 68.6 cm³/mol. The Labute approximate surface area is 106 Å². The number of rotatable bonds is 3. The first-order valence-corrected chi connectivity index (χ1v) is 5.70. The van der Waals surface area contributed by atoms with Crippen molar-refractivity contribution < 1.29 is 4.79 Å². The number of nitrogens with two attached hydrogens (primary N) is 1. The number of amides is 1. The third kappa shape index (κ3) is 2.12. The molecule has 94 valence electrons. The second kappa shape index (κ2) is 5.01. The Kier molecular flexibility index (Phi) is 3.43. The molecule has 1 heterocycles. The predicted octanol–water partition coefficient (Wildman–Crippen LogP) is 1.08. The number of carbonyl (C=O) groups excluding carboxylic acids is 1. The Hall–Kier alpha value is -2.14. The number of benzene rings is 1. The zero-order valence-electron chi connectivity index (χ0n) is 10.4. The highest BCUT2D eigenvalue weighted by Gasteiger charge is 2.23. The van der Waals surface area contributed by atoms with Gasteiger partial charge in [-0.05, 0) is 19.4 Å². The van der Waals surface area contributed by atoms with Gasteiger partial charge in [0.25, 0.3) is 5.91 Å². The van der Waals surface area contributed by atoms with Crippen molar-refractivity contribution in [1.82, 2.24) is 15.0 Å². The standard InChI is InChI=1S/C13H16N4O/c1-9-10(2)17(8-15-9)12(13(18)16-14)11-6-4-3-5-7-11/h3-8,12H,14H2,1-2H3,(H,16,18). The number of imidazole rings is 1. The van der Waals surface area contributed by atoms with E-state index < -0.39 is 6.04 Å². The van der Waals surface area contributed by atoms with Crippen LogP contribution in [0.5, 0.6) is 0 Å². The molecule has 5 heteroatoms. The summed E-state index contributed by atoms with van der Waals surface area (Å²) in [6.45, 7) is 3.84. The number of nitrogens with one attached hydrogen (secondary N) is 1. The zero-order chi connectivity index (χ0) is 13.1. The van der Waals surface area contributed by atoms with Gasteiger partial charge in [0.2, 0.25) is 0 Å². The number of hydrogen-bond acceptors (Lipinski definition) is 3. The minimum Gasteiger partial charge on any atom is -0.318 e. The lowest BCUT2D eigenvalue weighted by molar-refractivity contribution is -0.123. The van der Waals surface area contributed by atoms with Crippen LogP contribution in [0.4, 0.5) is 0 Å². The van der Waals surface area contributed by atoms with Gasteiger partial charge in [-0.1, -0.05) is 30.3 Å². The highest BCUT2D eigenvalue weighted by atomic mass is 16.2. The van der Waals surface area contributed by atoms with Crippen LogP contribution in [-0.4, -0.2) is 15.5 Å². The molecule has 0 saturated heterocycles. The summed E-state index contributed by atoms with van der Waals surface area (Å²) in [6.07, 6.45) is 1.66. The van der Waals surface area contributed by atoms with Gasteiger partial charge < -0.3 is 4.57 Å². The van der Waals surface area contributed by atoms with Crippen LogP contribution in [0, 0.1) is 13.8 Å². The van der Waals surface area contributed by atoms with Gasteiger partial charge in [0.05, 0.1) is 12.0 Å². The normalized spacial score (nSPS) is 12.2. The lowest BCUT2D eigenvalue weighted by Crippen LogP contribution is -2.37. The quantitative estimate of drug-likeness (QED) is 0.482. The molecule has 0 aliphatic carbocycles. The molecule has 0 spiro atoms. The Morgan fingerprint density at radius 1 is 1.33 bits per heavy atom. The van der Waals surface area contributed by atoms with E-state index in [1.165, 1.54) is 0 Å². The van der Waals surface area contributed by atoms with E-state index in [0.29, 0.717) is 0 Å². The van der Waals surface area contributed by atoms with E-state index in [9.17, 15) is 4.79 Å². The van der Waals surface area contributed by atoms with Crippen LogP contribution >= 0.6 is 0 Å². The summed E-state index contributed by atoms with van der Waals surface area (Å²) in [5, 5.41) is 0. The monoisotopic (exact) mass is 244 g/mol. The van der Waals surface area contributed by atoms with E-state index in [0.717, 1.165) is 17.0 Å². The van der Waals surface area contributed by atoms with Crippen molar-refractivity contribution in [2.24, 2.45) is 5.84 Å². The van der Waals surface area contributed by atoms with Gasteiger partial charge in [-0.3, -0.25) is 10.2 Å². The maximum Gasteiger partial charge on any atom is 0.261 e. The smallest absolute Gasteiger partial charge is 0.261 e. The molecule has 0 fully saturated rings. The van der Waals surface area contributed by atoms with Gasteiger partial charge in [0.15, 0.2) is 0 Å². The van der Waals surface area contributed by atoms with Crippen LogP contribution < -0.4 is 11.3 Å². The van der Waals surface area contributed by atoms with Crippen molar-refractivity contribution in [3.05, 3.63) is 53.6 Å². The maximum atomic E-state index is 12.0. The Balaban J connectivity index is 2.50. The zero-order valence-corrected chi connectivity index (χ0v) is 10.4. The highest BCUT2D eigenvalue weighted by Crippen LogP contribution is 2.21. The van der Waals surface area contributed by atoms with E-state index in [1.54, 1.807) is 6.33 Å². The van der Waals surface area contributed by atoms with Gasteiger partial charge in [-0.15, -0.1) is 0 Å². The van der Waals surface area contributed by atoms with Gasteiger partial charge in [-0.25, -0.2) is 10.8 Å². The van der Waals surface area contributed by atoms with E-state index in [-0.39, 0.29) is 5.91 Å². The van der Waals surface area contributed by atoms with Gasteiger partial charge in [0.1, 0.15) is 6.04 Å². The van der Waals surface area contributed by atoms with Crippen LogP contribution in [0.1, 0.15) is 23.0 Å². The summed E-state index contributed by atoms with van der Waals surface area (Å²) < 4.78 is 1.83. The van der Waals surface area contributed by atoms with Gasteiger partial charge in [-0.2, -0.15) is 0 Å². The van der Waals surface area contributed by atoms with Crippen LogP contribution in [0.25, 0.3) is 0 Å². The lowest BCUT2D eigenvalue weighted by atomic mass is 10.1. The molecule has 5 nitrogen and oxygen atoms in total. The molecule has 1 amide bonds. The molecule has 3 N–H and O–H groups in total. The van der Waals surface area contributed by atoms with Crippen molar-refractivity contribution >= 4 is 5.91 Å². The number of hydrazine groups is 1. The third-order valence-corrected chi connectivity index (χ3v) is 3.07. The van der Waals surface area contributed by atoms with Crippen molar-refractivity contribution in [1.29, 1.82) is 0 Å². The first-order chi connectivity index (χ1) is 8.65. The number of aromatic nitrogens is 2. The number of carbonyl (C=O) groups is 1. The summed E-state index contributed by atoms with van der Waals surface area (Å²) in [5.74, 6) is 5.01. The topological polar surface area (TPSA) is 72.9 Å². The van der Waals surface area contributed by atoms with Crippen LogP contribution in [0.2, 0.25) is 0 Å². The summed E-state index contributed by atoms with van der Waals surface area (Å²) in [7, 11) is 0. The first kappa shape index (κ1) is 12.3. The van der Waals surface area contributed by atoms with E-state index in [2.05, 4.69) is 10.4 Å². The highest BCUT2D eigenvalue weighted by molar-refractivity contribution is 5.83. The van der Waals surface area contributed by atoms with Crippen LogP contribution in [-0.2, 0) is 4.79 Å².